The lowest BCUT2D eigenvalue weighted by atomic mass is 11.7. The van der Waals surface area contributed by atoms with Gasteiger partial charge >= 0.3 is 9.12 Å². The molecule has 0 aromatic carbocycles. The summed E-state index contributed by atoms with van der Waals surface area (Å²) in [4.78, 5) is 18.9. The van der Waals surface area contributed by atoms with Crippen molar-refractivity contribution in [3.8, 4) is 0 Å². The van der Waals surface area contributed by atoms with Gasteiger partial charge in [-0.2, -0.15) is 0 Å². The molecular formula is C3H4N2O2Si. The van der Waals surface area contributed by atoms with E-state index in [1.807, 2.05) is 0 Å². The average Bonchev–Trinajstić information content (AvgIpc) is 1.68. The molecule has 0 saturated carbocycles. The Hall–Kier alpha value is -1.02. The van der Waals surface area contributed by atoms with E-state index in [1.54, 1.807) is 6.55 Å². The molecule has 0 rings (SSSR count). The molecule has 0 heterocycles. The Balaban J connectivity index is 3.82. The van der Waals surface area contributed by atoms with Crippen LogP contribution in [0.25, 0.3) is 0 Å². The van der Waals surface area contributed by atoms with Crippen LogP contribution in [0.1, 0.15) is 0 Å². The maximum absolute atomic E-state index is 9.44. The largest absolute Gasteiger partial charge is 0.313 e. The molecule has 0 saturated heterocycles. The molecule has 0 aromatic heterocycles. The van der Waals surface area contributed by atoms with E-state index >= 15 is 0 Å². The molecule has 0 spiro atoms. The molecule has 4 nitrogen and oxygen atoms in total. The van der Waals surface area contributed by atoms with E-state index in [-0.39, 0.29) is 0 Å². The van der Waals surface area contributed by atoms with Crippen LogP contribution < -0.4 is 0 Å². The molecule has 8 heavy (non-hydrogen) atoms. The van der Waals surface area contributed by atoms with Crippen LogP contribution in [0.15, 0.2) is 9.32 Å². The van der Waals surface area contributed by atoms with Crippen molar-refractivity contribution in [2.75, 3.05) is 0 Å². The molecular weight excluding hydrogens is 124 g/mol. The van der Waals surface area contributed by atoms with Gasteiger partial charge in [0.15, 0.2) is 0 Å². The molecule has 0 radical (unpaired) electrons. The van der Waals surface area contributed by atoms with Crippen molar-refractivity contribution in [1.82, 2.24) is 0 Å². The molecule has 0 atom stereocenters. The second-order valence-electron chi connectivity index (χ2n) is 1.07. The predicted octanol–water partition coefficient (Wildman–Crippen LogP) is -0.492. The van der Waals surface area contributed by atoms with Crippen molar-refractivity contribution in [3.63, 3.8) is 0 Å². The number of carbonyl (C=O) groups excluding carboxylic acids is 2. The SMILES string of the molecule is C[SiH](N=C=O)N=C=O. The third-order valence-electron chi connectivity index (χ3n) is 0.479. The fraction of sp³-hybridized carbons (Fsp3) is 0.333. The number of hydrogen-bond acceptors (Lipinski definition) is 4. The molecule has 0 aliphatic rings. The summed E-state index contributed by atoms with van der Waals surface area (Å²) in [6.07, 6.45) is 2.63. The lowest BCUT2D eigenvalue weighted by Crippen LogP contribution is -1.96. The lowest BCUT2D eigenvalue weighted by Gasteiger charge is -1.80. The first-order chi connectivity index (χ1) is 3.81. The highest BCUT2D eigenvalue weighted by Gasteiger charge is 1.93. The molecule has 0 aromatic rings. The first-order valence-electron chi connectivity index (χ1n) is 1.95. The van der Waals surface area contributed by atoms with Crippen LogP contribution in [0.3, 0.4) is 0 Å². The van der Waals surface area contributed by atoms with Crippen molar-refractivity contribution < 1.29 is 9.59 Å². The summed E-state index contributed by atoms with van der Waals surface area (Å²) in [6, 6.07) is 0. The Morgan fingerprint density at radius 3 is 1.88 bits per heavy atom. The second-order valence-corrected chi connectivity index (χ2v) is 2.85. The summed E-state index contributed by atoms with van der Waals surface area (Å²) in [5.41, 5.74) is 0. The van der Waals surface area contributed by atoms with Crippen LogP contribution in [0.5, 0.6) is 0 Å². The van der Waals surface area contributed by atoms with Gasteiger partial charge in [-0.15, -0.1) is 0 Å². The maximum Gasteiger partial charge on any atom is 0.313 e. The highest BCUT2D eigenvalue weighted by atomic mass is 28.3. The van der Waals surface area contributed by atoms with Gasteiger partial charge in [0.1, 0.15) is 0 Å². The van der Waals surface area contributed by atoms with Crippen molar-refractivity contribution in [2.45, 2.75) is 6.55 Å². The summed E-state index contributed by atoms with van der Waals surface area (Å²) in [5.74, 6) is 0. The van der Waals surface area contributed by atoms with Crippen molar-refractivity contribution in [1.29, 1.82) is 0 Å². The minimum atomic E-state index is -1.80. The number of isocyanates is 2. The molecule has 5 heteroatoms. The van der Waals surface area contributed by atoms with Gasteiger partial charge in [0.2, 0.25) is 12.2 Å². The van der Waals surface area contributed by atoms with Crippen molar-refractivity contribution in [3.05, 3.63) is 0 Å². The van der Waals surface area contributed by atoms with E-state index in [0.29, 0.717) is 0 Å². The molecule has 0 unspecified atom stereocenters. The monoisotopic (exact) mass is 128 g/mol. The van der Waals surface area contributed by atoms with Gasteiger partial charge in [-0.3, -0.25) is 0 Å². The summed E-state index contributed by atoms with van der Waals surface area (Å²) < 4.78 is 6.44. The van der Waals surface area contributed by atoms with Crippen LogP contribution in [-0.4, -0.2) is 21.3 Å². The summed E-state index contributed by atoms with van der Waals surface area (Å²) in [5, 5.41) is 0. The fourth-order valence-electron chi connectivity index (χ4n) is 0.181. The fourth-order valence-corrected chi connectivity index (χ4v) is 0.544. The lowest BCUT2D eigenvalue weighted by molar-refractivity contribution is 0.565. The molecule has 0 bridgehead atoms. The Morgan fingerprint density at radius 1 is 1.25 bits per heavy atom. The van der Waals surface area contributed by atoms with Crippen LogP contribution in [0, 0.1) is 0 Å². The predicted molar refractivity (Wildman–Crippen MR) is 29.3 cm³/mol. The normalized spacial score (nSPS) is 10.6. The first-order valence-corrected chi connectivity index (χ1v) is 4.14. The third-order valence-corrected chi connectivity index (χ3v) is 1.44. The molecule has 0 amide bonds. The molecule has 42 valence electrons. The summed E-state index contributed by atoms with van der Waals surface area (Å²) in [6.45, 7) is 1.62. The van der Waals surface area contributed by atoms with E-state index in [1.165, 1.54) is 12.2 Å². The van der Waals surface area contributed by atoms with Gasteiger partial charge in [0.25, 0.3) is 0 Å². The maximum atomic E-state index is 9.44. The van der Waals surface area contributed by atoms with Gasteiger partial charge in [-0.25, -0.2) is 18.9 Å². The van der Waals surface area contributed by atoms with Crippen LogP contribution in [-0.2, 0) is 9.59 Å². The van der Waals surface area contributed by atoms with Crippen molar-refractivity contribution >= 4 is 21.3 Å². The van der Waals surface area contributed by atoms with Crippen LogP contribution in [0.2, 0.25) is 6.55 Å². The quantitative estimate of drug-likeness (QED) is 0.286. The minimum Gasteiger partial charge on any atom is -0.222 e. The smallest absolute Gasteiger partial charge is 0.222 e. The van der Waals surface area contributed by atoms with E-state index in [0.717, 1.165) is 0 Å². The zero-order valence-electron chi connectivity index (χ0n) is 4.29. The summed E-state index contributed by atoms with van der Waals surface area (Å²) in [7, 11) is -1.80. The standard InChI is InChI=1S/C3H4N2O2Si/c1-8(4-2-6)5-3-7/h8H,1H3. The van der Waals surface area contributed by atoms with Crippen molar-refractivity contribution in [2.24, 2.45) is 9.32 Å². The van der Waals surface area contributed by atoms with Crippen LogP contribution >= 0.6 is 0 Å². The number of nitrogens with zero attached hydrogens (tertiary/aromatic N) is 2. The molecule has 0 aliphatic heterocycles. The Kier molecular flexibility index (Phi) is 3.61. The van der Waals surface area contributed by atoms with E-state index < -0.39 is 9.12 Å². The Labute approximate surface area is 47.7 Å². The highest BCUT2D eigenvalue weighted by Crippen LogP contribution is 1.78. The number of rotatable bonds is 2. The van der Waals surface area contributed by atoms with E-state index in [4.69, 9.17) is 0 Å². The van der Waals surface area contributed by atoms with Gasteiger partial charge in [-0.1, -0.05) is 0 Å². The molecule has 0 N–H and O–H groups in total. The van der Waals surface area contributed by atoms with Gasteiger partial charge in [-0.05, 0) is 6.55 Å². The first kappa shape index (κ1) is 6.98. The Bertz CT molecular complexity index is 139. The van der Waals surface area contributed by atoms with Gasteiger partial charge < -0.3 is 0 Å². The highest BCUT2D eigenvalue weighted by molar-refractivity contribution is 6.55. The second kappa shape index (κ2) is 4.14. The van der Waals surface area contributed by atoms with Gasteiger partial charge in [0.05, 0.1) is 0 Å². The zero-order valence-corrected chi connectivity index (χ0v) is 5.44. The van der Waals surface area contributed by atoms with E-state index in [2.05, 4.69) is 9.32 Å². The van der Waals surface area contributed by atoms with Gasteiger partial charge in [0, 0.05) is 0 Å². The van der Waals surface area contributed by atoms with E-state index in [9.17, 15) is 9.59 Å². The topological polar surface area (TPSA) is 58.9 Å². The zero-order chi connectivity index (χ0) is 6.41. The molecule has 0 fully saturated rings. The molecule has 0 aliphatic carbocycles. The Morgan fingerprint density at radius 2 is 1.62 bits per heavy atom. The minimum absolute atomic E-state index is 1.32. The average molecular weight is 128 g/mol. The third kappa shape index (κ3) is 3.18. The number of hydrogen-bond donors (Lipinski definition) is 0. The van der Waals surface area contributed by atoms with Crippen LogP contribution in [0.4, 0.5) is 0 Å². The summed E-state index contributed by atoms with van der Waals surface area (Å²) >= 11 is 0.